The number of nitrogens with two attached hydrogens (primary N) is 1. The predicted molar refractivity (Wildman–Crippen MR) is 102 cm³/mol. The van der Waals surface area contributed by atoms with Crippen LogP contribution in [-0.2, 0) is 14.1 Å². The van der Waals surface area contributed by atoms with Crippen molar-refractivity contribution in [1.82, 2.24) is 9.13 Å². The zero-order chi connectivity index (χ0) is 21.5. The molecule has 1 aromatic heterocycles. The molecule has 0 amide bonds. The second kappa shape index (κ2) is 7.27. The molecule has 10 heteroatoms. The normalized spacial score (nSPS) is 15.2. The Morgan fingerprint density at radius 3 is 2.28 bits per heavy atom. The van der Waals surface area contributed by atoms with Crippen molar-refractivity contribution in [2.24, 2.45) is 19.8 Å². The third-order valence-electron chi connectivity index (χ3n) is 4.86. The van der Waals surface area contributed by atoms with Gasteiger partial charge in [-0.25, -0.2) is 4.79 Å². The molecule has 0 radical (unpaired) electrons. The molecule has 1 aliphatic heterocycles. The summed E-state index contributed by atoms with van der Waals surface area (Å²) in [6.07, 6.45) is 0. The van der Waals surface area contributed by atoms with Gasteiger partial charge in [0.25, 0.3) is 5.56 Å². The maximum absolute atomic E-state index is 13.0. The van der Waals surface area contributed by atoms with Gasteiger partial charge in [-0.3, -0.25) is 13.9 Å². The van der Waals surface area contributed by atoms with Gasteiger partial charge in [0.05, 0.1) is 32.8 Å². The first-order valence-corrected chi connectivity index (χ1v) is 8.48. The van der Waals surface area contributed by atoms with Gasteiger partial charge in [-0.15, -0.1) is 0 Å². The Morgan fingerprint density at radius 2 is 1.72 bits per heavy atom. The summed E-state index contributed by atoms with van der Waals surface area (Å²) in [6.45, 7) is 0. The van der Waals surface area contributed by atoms with E-state index in [1.165, 1.54) is 35.4 Å². The van der Waals surface area contributed by atoms with Crippen LogP contribution in [0.2, 0.25) is 0 Å². The van der Waals surface area contributed by atoms with Crippen LogP contribution in [-0.4, -0.2) is 30.5 Å². The SMILES string of the molecule is COc1ccc([C@@H]2C(C#N)=C(N)Oc3c2c(=O)n(C)c(=O)n3C)c(OC)c1OC. The highest BCUT2D eigenvalue weighted by molar-refractivity contribution is 5.63. The number of aromatic nitrogens is 2. The Balaban J connectivity index is 2.47. The summed E-state index contributed by atoms with van der Waals surface area (Å²) in [7, 11) is 7.15. The number of nitrogens with zero attached hydrogens (tertiary/aromatic N) is 3. The first-order chi connectivity index (χ1) is 13.8. The Labute approximate surface area is 165 Å². The number of hydrogen-bond donors (Lipinski definition) is 1. The molecule has 2 heterocycles. The molecule has 0 saturated carbocycles. The summed E-state index contributed by atoms with van der Waals surface area (Å²) >= 11 is 0. The van der Waals surface area contributed by atoms with Crippen molar-refractivity contribution in [3.63, 3.8) is 0 Å². The third-order valence-corrected chi connectivity index (χ3v) is 4.86. The second-order valence-corrected chi connectivity index (χ2v) is 6.27. The summed E-state index contributed by atoms with van der Waals surface area (Å²) in [5.41, 5.74) is 5.32. The van der Waals surface area contributed by atoms with E-state index < -0.39 is 17.2 Å². The van der Waals surface area contributed by atoms with Gasteiger partial charge in [0, 0.05) is 19.7 Å². The average Bonchev–Trinajstić information content (AvgIpc) is 2.73. The van der Waals surface area contributed by atoms with Gasteiger partial charge < -0.3 is 24.7 Å². The van der Waals surface area contributed by atoms with Gasteiger partial charge in [0.2, 0.25) is 17.5 Å². The van der Waals surface area contributed by atoms with Crippen LogP contribution in [0.25, 0.3) is 0 Å². The minimum absolute atomic E-state index is 0.0127. The van der Waals surface area contributed by atoms with Gasteiger partial charge in [-0.1, -0.05) is 6.07 Å². The van der Waals surface area contributed by atoms with Gasteiger partial charge in [0.1, 0.15) is 11.6 Å². The third kappa shape index (κ3) is 2.79. The number of rotatable bonds is 4. The van der Waals surface area contributed by atoms with Crippen LogP contribution in [0, 0.1) is 11.3 Å². The van der Waals surface area contributed by atoms with Gasteiger partial charge in [-0.05, 0) is 6.07 Å². The number of allylic oxidation sites excluding steroid dienone is 1. The topological polar surface area (TPSA) is 131 Å². The molecule has 1 aromatic carbocycles. The van der Waals surface area contributed by atoms with Crippen LogP contribution in [0.15, 0.2) is 33.2 Å². The molecule has 152 valence electrons. The summed E-state index contributed by atoms with van der Waals surface area (Å²) in [4.78, 5) is 25.3. The van der Waals surface area contributed by atoms with E-state index in [-0.39, 0.29) is 34.4 Å². The molecule has 0 spiro atoms. The fourth-order valence-corrected chi connectivity index (χ4v) is 3.45. The number of fused-ring (bicyclic) bond motifs is 1. The maximum atomic E-state index is 13.0. The van der Waals surface area contributed by atoms with Crippen molar-refractivity contribution in [3.8, 4) is 29.2 Å². The molecule has 0 unspecified atom stereocenters. The minimum atomic E-state index is -0.941. The lowest BCUT2D eigenvalue weighted by Gasteiger charge is -2.28. The van der Waals surface area contributed by atoms with E-state index in [1.807, 2.05) is 6.07 Å². The Morgan fingerprint density at radius 1 is 1.07 bits per heavy atom. The van der Waals surface area contributed by atoms with Crippen LogP contribution in [0.4, 0.5) is 0 Å². The summed E-state index contributed by atoms with van der Waals surface area (Å²) in [5.74, 6) is -0.214. The monoisotopic (exact) mass is 400 g/mol. The standard InChI is InChI=1S/C19H20N4O6/c1-22-17(24)13-12(9-6-7-11(26-3)15(28-5)14(9)27-4)10(8-20)16(21)29-18(13)23(2)19(22)25/h6-7,12H,21H2,1-5H3/t12-/m1/s1. The molecule has 10 nitrogen and oxygen atoms in total. The van der Waals surface area contributed by atoms with Gasteiger partial charge in [0.15, 0.2) is 11.5 Å². The number of benzene rings is 1. The number of ether oxygens (including phenoxy) is 4. The van der Waals surface area contributed by atoms with E-state index in [0.29, 0.717) is 11.3 Å². The summed E-state index contributed by atoms with van der Waals surface area (Å²) in [6, 6.07) is 5.28. The number of hydrogen-bond acceptors (Lipinski definition) is 8. The van der Waals surface area contributed by atoms with Gasteiger partial charge >= 0.3 is 5.69 Å². The molecule has 2 aromatic rings. The molecular weight excluding hydrogens is 380 g/mol. The van der Waals surface area contributed by atoms with Crippen LogP contribution >= 0.6 is 0 Å². The van der Waals surface area contributed by atoms with Crippen LogP contribution in [0.1, 0.15) is 17.0 Å². The molecule has 3 rings (SSSR count). The fraction of sp³-hybridized carbons (Fsp3) is 0.316. The van der Waals surface area contributed by atoms with Crippen LogP contribution < -0.4 is 35.9 Å². The van der Waals surface area contributed by atoms with Crippen molar-refractivity contribution >= 4 is 0 Å². The highest BCUT2D eigenvalue weighted by Crippen LogP contribution is 2.48. The van der Waals surface area contributed by atoms with E-state index >= 15 is 0 Å². The number of nitriles is 1. The zero-order valence-corrected chi connectivity index (χ0v) is 16.6. The lowest BCUT2D eigenvalue weighted by molar-refractivity contribution is 0.319. The van der Waals surface area contributed by atoms with Crippen molar-refractivity contribution in [2.75, 3.05) is 21.3 Å². The molecule has 0 fully saturated rings. The van der Waals surface area contributed by atoms with E-state index in [2.05, 4.69) is 0 Å². The van der Waals surface area contributed by atoms with Gasteiger partial charge in [-0.2, -0.15) is 5.26 Å². The second-order valence-electron chi connectivity index (χ2n) is 6.27. The molecule has 1 aliphatic rings. The molecule has 1 atom stereocenters. The smallest absolute Gasteiger partial charge is 0.333 e. The molecule has 0 aliphatic carbocycles. The lowest BCUT2D eigenvalue weighted by Crippen LogP contribution is -2.42. The molecule has 2 N–H and O–H groups in total. The molecular formula is C19H20N4O6. The fourth-order valence-electron chi connectivity index (χ4n) is 3.45. The Kier molecular flexibility index (Phi) is 4.99. The zero-order valence-electron chi connectivity index (χ0n) is 16.6. The van der Waals surface area contributed by atoms with Crippen LogP contribution in [0.5, 0.6) is 23.1 Å². The van der Waals surface area contributed by atoms with Crippen molar-refractivity contribution < 1.29 is 18.9 Å². The van der Waals surface area contributed by atoms with Crippen molar-refractivity contribution in [3.05, 3.63) is 55.6 Å². The van der Waals surface area contributed by atoms with E-state index in [1.54, 1.807) is 12.1 Å². The predicted octanol–water partition coefficient (Wildman–Crippen LogP) is 0.328. The number of methoxy groups -OCH3 is 3. The quantitative estimate of drug-likeness (QED) is 0.777. The molecule has 0 bridgehead atoms. The minimum Gasteiger partial charge on any atom is -0.493 e. The molecule has 29 heavy (non-hydrogen) atoms. The highest BCUT2D eigenvalue weighted by atomic mass is 16.5. The van der Waals surface area contributed by atoms with E-state index in [4.69, 9.17) is 24.7 Å². The first-order valence-electron chi connectivity index (χ1n) is 8.48. The molecule has 0 saturated heterocycles. The highest BCUT2D eigenvalue weighted by Gasteiger charge is 2.38. The van der Waals surface area contributed by atoms with Crippen LogP contribution in [0.3, 0.4) is 0 Å². The van der Waals surface area contributed by atoms with Crippen molar-refractivity contribution in [2.45, 2.75) is 5.92 Å². The average molecular weight is 400 g/mol. The Bertz CT molecular complexity index is 1190. The largest absolute Gasteiger partial charge is 0.493 e. The van der Waals surface area contributed by atoms with E-state index in [0.717, 1.165) is 9.13 Å². The maximum Gasteiger partial charge on any atom is 0.333 e. The van der Waals surface area contributed by atoms with E-state index in [9.17, 15) is 14.9 Å². The van der Waals surface area contributed by atoms with Crippen molar-refractivity contribution in [1.29, 1.82) is 5.26 Å². The Hall–Kier alpha value is -3.87. The summed E-state index contributed by atoms with van der Waals surface area (Å²) < 4.78 is 23.9. The summed E-state index contributed by atoms with van der Waals surface area (Å²) in [5, 5.41) is 9.75. The lowest BCUT2D eigenvalue weighted by atomic mass is 9.84. The first kappa shape index (κ1) is 19.9.